The summed E-state index contributed by atoms with van der Waals surface area (Å²) < 4.78 is 0. The first-order valence-corrected chi connectivity index (χ1v) is 4.96. The molecular weight excluding hydrogens is 218 g/mol. The fraction of sp³-hybridized carbons (Fsp3) is 0. The first-order chi connectivity index (χ1) is 8.22. The summed E-state index contributed by atoms with van der Waals surface area (Å²) in [6, 6.07) is 9.90. The van der Waals surface area contributed by atoms with Gasteiger partial charge in [-0.25, -0.2) is 4.79 Å². The van der Waals surface area contributed by atoms with Gasteiger partial charge in [-0.15, -0.1) is 0 Å². The molecule has 0 aliphatic rings. The number of hydrogen-bond acceptors (Lipinski definition) is 3. The smallest absolute Gasteiger partial charge is 0.336 e. The minimum Gasteiger partial charge on any atom is -0.478 e. The maximum atomic E-state index is 11.0. The third-order valence-electron chi connectivity index (χ3n) is 2.38. The molecule has 1 aromatic carbocycles. The summed E-state index contributed by atoms with van der Waals surface area (Å²) in [5.74, 6) is -0.986. The topological polar surface area (TPSA) is 67.3 Å². The highest BCUT2D eigenvalue weighted by molar-refractivity contribution is 5.95. The molecule has 0 radical (unpaired) electrons. The monoisotopic (exact) mass is 227 g/mol. The van der Waals surface area contributed by atoms with Gasteiger partial charge in [0.1, 0.15) is 5.69 Å². The number of hydrogen-bond donors (Lipinski definition) is 1. The highest BCUT2D eigenvalue weighted by atomic mass is 16.4. The molecule has 1 N–H and O–H groups in total. The Morgan fingerprint density at radius 1 is 1.18 bits per heavy atom. The Morgan fingerprint density at radius 2 is 1.94 bits per heavy atom. The number of aromatic carboxylic acids is 1. The molecule has 0 atom stereocenters. The van der Waals surface area contributed by atoms with Crippen LogP contribution in [-0.4, -0.2) is 22.3 Å². The number of carboxylic acid groups (broad SMARTS) is 1. The van der Waals surface area contributed by atoms with Gasteiger partial charge in [-0.05, 0) is 17.7 Å². The van der Waals surface area contributed by atoms with Crippen molar-refractivity contribution in [3.05, 3.63) is 53.9 Å². The lowest BCUT2D eigenvalue weighted by Gasteiger charge is -2.05. The summed E-state index contributed by atoms with van der Waals surface area (Å²) in [6.45, 7) is 0. The van der Waals surface area contributed by atoms with Crippen LogP contribution in [0.2, 0.25) is 0 Å². The van der Waals surface area contributed by atoms with Crippen molar-refractivity contribution in [1.82, 2.24) is 4.98 Å². The van der Waals surface area contributed by atoms with E-state index in [0.29, 0.717) is 23.1 Å². The van der Waals surface area contributed by atoms with Gasteiger partial charge >= 0.3 is 5.97 Å². The molecule has 0 spiro atoms. The standard InChI is InChI=1S/C13H9NO3/c15-8-10-6-5-9(7-14-10)11-3-1-2-4-12(11)13(16)17/h1-8H,(H,16,17). The Hall–Kier alpha value is -2.49. The number of rotatable bonds is 3. The predicted octanol–water partition coefficient (Wildman–Crippen LogP) is 2.26. The van der Waals surface area contributed by atoms with Crippen molar-refractivity contribution in [3.63, 3.8) is 0 Å². The molecule has 0 aliphatic carbocycles. The zero-order chi connectivity index (χ0) is 12.3. The van der Waals surface area contributed by atoms with Crippen LogP contribution in [0.3, 0.4) is 0 Å². The molecule has 4 nitrogen and oxygen atoms in total. The van der Waals surface area contributed by atoms with Crippen LogP contribution in [0.25, 0.3) is 11.1 Å². The molecule has 2 aromatic rings. The Kier molecular flexibility index (Phi) is 2.96. The van der Waals surface area contributed by atoms with Gasteiger partial charge in [0.05, 0.1) is 5.56 Å². The third kappa shape index (κ3) is 2.20. The summed E-state index contributed by atoms with van der Waals surface area (Å²) >= 11 is 0. The molecule has 0 bridgehead atoms. The van der Waals surface area contributed by atoms with Crippen LogP contribution in [0.4, 0.5) is 0 Å². The van der Waals surface area contributed by atoms with Crippen molar-refractivity contribution in [2.24, 2.45) is 0 Å². The normalized spacial score (nSPS) is 9.88. The molecule has 2 rings (SSSR count). The summed E-state index contributed by atoms with van der Waals surface area (Å²) in [4.78, 5) is 25.4. The SMILES string of the molecule is O=Cc1ccc(-c2ccccc2C(=O)O)cn1. The Labute approximate surface area is 97.6 Å². The second-order valence-corrected chi connectivity index (χ2v) is 3.44. The van der Waals surface area contributed by atoms with E-state index in [1.54, 1.807) is 30.3 Å². The minimum absolute atomic E-state index is 0.216. The van der Waals surface area contributed by atoms with Gasteiger partial charge in [-0.1, -0.05) is 24.3 Å². The van der Waals surface area contributed by atoms with Crippen molar-refractivity contribution in [1.29, 1.82) is 0 Å². The number of carbonyl (C=O) groups is 2. The fourth-order valence-electron chi connectivity index (χ4n) is 1.56. The Balaban J connectivity index is 2.52. The van der Waals surface area contributed by atoms with Gasteiger partial charge in [0.25, 0.3) is 0 Å². The average molecular weight is 227 g/mol. The van der Waals surface area contributed by atoms with Crippen LogP contribution in [0.1, 0.15) is 20.8 Å². The summed E-state index contributed by atoms with van der Waals surface area (Å²) in [7, 11) is 0. The fourth-order valence-corrected chi connectivity index (χ4v) is 1.56. The molecule has 0 fully saturated rings. The minimum atomic E-state index is -0.986. The van der Waals surface area contributed by atoms with Gasteiger partial charge in [-0.3, -0.25) is 9.78 Å². The number of aromatic nitrogens is 1. The molecule has 4 heteroatoms. The first-order valence-electron chi connectivity index (χ1n) is 4.96. The molecule has 17 heavy (non-hydrogen) atoms. The third-order valence-corrected chi connectivity index (χ3v) is 2.38. The quantitative estimate of drug-likeness (QED) is 0.816. The van der Waals surface area contributed by atoms with E-state index in [-0.39, 0.29) is 5.56 Å². The number of carbonyl (C=O) groups excluding carboxylic acids is 1. The molecule has 0 aliphatic heterocycles. The number of benzene rings is 1. The molecule has 0 saturated carbocycles. The van der Waals surface area contributed by atoms with E-state index in [1.807, 2.05) is 0 Å². The first kappa shape index (κ1) is 11.0. The van der Waals surface area contributed by atoms with Gasteiger partial charge in [0, 0.05) is 11.8 Å². The van der Waals surface area contributed by atoms with Crippen LogP contribution < -0.4 is 0 Å². The van der Waals surface area contributed by atoms with Crippen LogP contribution in [0.15, 0.2) is 42.6 Å². The maximum Gasteiger partial charge on any atom is 0.336 e. The van der Waals surface area contributed by atoms with E-state index < -0.39 is 5.97 Å². The van der Waals surface area contributed by atoms with Crippen LogP contribution in [-0.2, 0) is 0 Å². The molecule has 84 valence electrons. The Bertz CT molecular complexity index is 561. The summed E-state index contributed by atoms with van der Waals surface area (Å²) in [5.41, 5.74) is 1.80. The van der Waals surface area contributed by atoms with E-state index >= 15 is 0 Å². The zero-order valence-electron chi connectivity index (χ0n) is 8.83. The number of aldehydes is 1. The van der Waals surface area contributed by atoms with E-state index in [1.165, 1.54) is 12.3 Å². The molecule has 1 heterocycles. The lowest BCUT2D eigenvalue weighted by Crippen LogP contribution is -1.99. The van der Waals surface area contributed by atoms with E-state index in [0.717, 1.165) is 0 Å². The molecule has 0 amide bonds. The van der Waals surface area contributed by atoms with Crippen molar-refractivity contribution in [2.45, 2.75) is 0 Å². The maximum absolute atomic E-state index is 11.0. The van der Waals surface area contributed by atoms with Gasteiger partial charge < -0.3 is 5.11 Å². The molecule has 1 aromatic heterocycles. The predicted molar refractivity (Wildman–Crippen MR) is 62.0 cm³/mol. The summed E-state index contributed by atoms with van der Waals surface area (Å²) in [5, 5.41) is 9.05. The van der Waals surface area contributed by atoms with Crippen molar-refractivity contribution in [3.8, 4) is 11.1 Å². The number of nitrogens with zero attached hydrogens (tertiary/aromatic N) is 1. The zero-order valence-corrected chi connectivity index (χ0v) is 8.83. The van der Waals surface area contributed by atoms with Crippen molar-refractivity contribution in [2.75, 3.05) is 0 Å². The van der Waals surface area contributed by atoms with E-state index in [2.05, 4.69) is 4.98 Å². The second-order valence-electron chi connectivity index (χ2n) is 3.44. The van der Waals surface area contributed by atoms with Crippen LogP contribution in [0.5, 0.6) is 0 Å². The van der Waals surface area contributed by atoms with Gasteiger partial charge in [-0.2, -0.15) is 0 Å². The molecule has 0 saturated heterocycles. The van der Waals surface area contributed by atoms with Crippen LogP contribution in [0, 0.1) is 0 Å². The Morgan fingerprint density at radius 3 is 2.53 bits per heavy atom. The van der Waals surface area contributed by atoms with Crippen LogP contribution >= 0.6 is 0 Å². The highest BCUT2D eigenvalue weighted by Crippen LogP contribution is 2.22. The number of carboxylic acids is 1. The van der Waals surface area contributed by atoms with Gasteiger partial charge in [0.2, 0.25) is 0 Å². The molecular formula is C13H9NO3. The van der Waals surface area contributed by atoms with Gasteiger partial charge in [0.15, 0.2) is 6.29 Å². The average Bonchev–Trinajstić information content (AvgIpc) is 2.39. The summed E-state index contributed by atoms with van der Waals surface area (Å²) in [6.07, 6.45) is 2.14. The lowest BCUT2D eigenvalue weighted by atomic mass is 10.0. The lowest BCUT2D eigenvalue weighted by molar-refractivity contribution is 0.0697. The second kappa shape index (κ2) is 4.57. The van der Waals surface area contributed by atoms with Crippen molar-refractivity contribution >= 4 is 12.3 Å². The highest BCUT2D eigenvalue weighted by Gasteiger charge is 2.10. The van der Waals surface area contributed by atoms with Crippen molar-refractivity contribution < 1.29 is 14.7 Å². The largest absolute Gasteiger partial charge is 0.478 e. The van der Waals surface area contributed by atoms with E-state index in [9.17, 15) is 9.59 Å². The number of pyridine rings is 1. The van der Waals surface area contributed by atoms with E-state index in [4.69, 9.17) is 5.11 Å². The molecule has 0 unspecified atom stereocenters.